The molecular formula is C23H27N3O2. The molecule has 4 rings (SSSR count). The number of aryl methyl sites for hydroxylation is 1. The highest BCUT2D eigenvalue weighted by Gasteiger charge is 2.32. The van der Waals surface area contributed by atoms with Crippen molar-refractivity contribution in [1.29, 1.82) is 0 Å². The number of aromatic nitrogens is 2. The fourth-order valence-electron chi connectivity index (χ4n) is 4.07. The van der Waals surface area contributed by atoms with Crippen LogP contribution in [-0.2, 0) is 17.8 Å². The van der Waals surface area contributed by atoms with Gasteiger partial charge in [0.05, 0.1) is 23.6 Å². The SMILES string of the molecule is CCc1ccc(OCCn2c([C@H]3CCCN3C(C)=O)nc3ccccc32)cc1. The molecule has 2 aromatic carbocycles. The Hall–Kier alpha value is -2.82. The highest BCUT2D eigenvalue weighted by molar-refractivity contribution is 5.77. The van der Waals surface area contributed by atoms with Crippen molar-refractivity contribution in [2.75, 3.05) is 13.2 Å². The summed E-state index contributed by atoms with van der Waals surface area (Å²) < 4.78 is 8.21. The number of likely N-dealkylation sites (tertiary alicyclic amines) is 1. The number of ether oxygens (including phenoxy) is 1. The number of carbonyl (C=O) groups excluding carboxylic acids is 1. The molecule has 0 radical (unpaired) electrons. The molecule has 2 heterocycles. The van der Waals surface area contributed by atoms with Crippen LogP contribution in [0.3, 0.4) is 0 Å². The van der Waals surface area contributed by atoms with Gasteiger partial charge in [0.2, 0.25) is 5.91 Å². The second-order valence-electron chi connectivity index (χ2n) is 7.33. The molecule has 1 saturated heterocycles. The van der Waals surface area contributed by atoms with E-state index in [-0.39, 0.29) is 11.9 Å². The van der Waals surface area contributed by atoms with Crippen molar-refractivity contribution >= 4 is 16.9 Å². The number of hydrogen-bond donors (Lipinski definition) is 0. The van der Waals surface area contributed by atoms with E-state index in [4.69, 9.17) is 9.72 Å². The number of hydrogen-bond acceptors (Lipinski definition) is 3. The number of nitrogens with zero attached hydrogens (tertiary/aromatic N) is 3. The van der Waals surface area contributed by atoms with Gasteiger partial charge in [0.25, 0.3) is 0 Å². The lowest BCUT2D eigenvalue weighted by Crippen LogP contribution is -2.30. The maximum Gasteiger partial charge on any atom is 0.220 e. The zero-order valence-electron chi connectivity index (χ0n) is 16.6. The van der Waals surface area contributed by atoms with Crippen LogP contribution in [0.5, 0.6) is 5.75 Å². The Balaban J connectivity index is 1.57. The molecule has 0 N–H and O–H groups in total. The molecule has 0 aliphatic carbocycles. The van der Waals surface area contributed by atoms with E-state index < -0.39 is 0 Å². The van der Waals surface area contributed by atoms with Crippen LogP contribution < -0.4 is 4.74 Å². The van der Waals surface area contributed by atoms with Crippen LogP contribution >= 0.6 is 0 Å². The smallest absolute Gasteiger partial charge is 0.220 e. The Labute approximate surface area is 165 Å². The first-order valence-electron chi connectivity index (χ1n) is 10.1. The molecule has 0 unspecified atom stereocenters. The largest absolute Gasteiger partial charge is 0.492 e. The van der Waals surface area contributed by atoms with E-state index in [1.807, 2.05) is 35.2 Å². The summed E-state index contributed by atoms with van der Waals surface area (Å²) in [4.78, 5) is 18.9. The number of carbonyl (C=O) groups is 1. The predicted molar refractivity (Wildman–Crippen MR) is 110 cm³/mol. The Kier molecular flexibility index (Phi) is 5.33. The summed E-state index contributed by atoms with van der Waals surface area (Å²) in [5, 5.41) is 0. The number of benzene rings is 2. The maximum atomic E-state index is 12.1. The standard InChI is InChI=1S/C23H27N3O2/c1-3-18-10-12-19(13-11-18)28-16-15-26-21-8-5-4-7-20(21)24-23(26)22-9-6-14-25(22)17(2)27/h4-5,7-8,10-13,22H,3,6,9,14-16H2,1-2H3/t22-/m1/s1. The van der Waals surface area contributed by atoms with E-state index in [9.17, 15) is 4.79 Å². The molecule has 3 aromatic rings. The molecule has 1 aliphatic rings. The van der Waals surface area contributed by atoms with Gasteiger partial charge in [-0.3, -0.25) is 4.79 Å². The van der Waals surface area contributed by atoms with Crippen LogP contribution in [0.4, 0.5) is 0 Å². The van der Waals surface area contributed by atoms with E-state index in [0.717, 1.165) is 48.4 Å². The molecule has 28 heavy (non-hydrogen) atoms. The molecule has 1 fully saturated rings. The molecule has 0 saturated carbocycles. The summed E-state index contributed by atoms with van der Waals surface area (Å²) in [7, 11) is 0. The minimum atomic E-state index is 0.0498. The molecular weight excluding hydrogens is 350 g/mol. The zero-order valence-corrected chi connectivity index (χ0v) is 16.6. The Morgan fingerprint density at radius 3 is 2.71 bits per heavy atom. The Morgan fingerprint density at radius 2 is 1.96 bits per heavy atom. The minimum Gasteiger partial charge on any atom is -0.492 e. The number of amides is 1. The van der Waals surface area contributed by atoms with Crippen LogP contribution in [0.1, 0.15) is 44.1 Å². The Bertz CT molecular complexity index is 962. The van der Waals surface area contributed by atoms with Crippen LogP contribution in [-0.4, -0.2) is 33.5 Å². The number of fused-ring (bicyclic) bond motifs is 1. The topological polar surface area (TPSA) is 47.4 Å². The molecule has 1 aliphatic heterocycles. The lowest BCUT2D eigenvalue weighted by Gasteiger charge is -2.24. The van der Waals surface area contributed by atoms with Gasteiger partial charge in [-0.1, -0.05) is 31.2 Å². The van der Waals surface area contributed by atoms with Crippen molar-refractivity contribution in [3.8, 4) is 5.75 Å². The van der Waals surface area contributed by atoms with Crippen molar-refractivity contribution < 1.29 is 9.53 Å². The van der Waals surface area contributed by atoms with Gasteiger partial charge >= 0.3 is 0 Å². The first-order valence-corrected chi connectivity index (χ1v) is 10.1. The first-order chi connectivity index (χ1) is 13.7. The van der Waals surface area contributed by atoms with Crippen molar-refractivity contribution in [3.05, 3.63) is 59.9 Å². The van der Waals surface area contributed by atoms with Gasteiger partial charge in [-0.05, 0) is 49.1 Å². The highest BCUT2D eigenvalue weighted by Crippen LogP contribution is 2.33. The van der Waals surface area contributed by atoms with Crippen molar-refractivity contribution in [2.45, 2.75) is 45.7 Å². The summed E-state index contributed by atoms with van der Waals surface area (Å²) in [6, 6.07) is 16.5. The quantitative estimate of drug-likeness (QED) is 0.641. The summed E-state index contributed by atoms with van der Waals surface area (Å²) >= 11 is 0. The molecule has 1 amide bonds. The fourth-order valence-corrected chi connectivity index (χ4v) is 4.07. The summed E-state index contributed by atoms with van der Waals surface area (Å²) in [6.45, 7) is 5.87. The van der Waals surface area contributed by atoms with Gasteiger partial charge < -0.3 is 14.2 Å². The van der Waals surface area contributed by atoms with Crippen LogP contribution in [0.15, 0.2) is 48.5 Å². The first kappa shape index (κ1) is 18.5. The molecule has 0 bridgehead atoms. The van der Waals surface area contributed by atoms with Gasteiger partial charge in [0.15, 0.2) is 0 Å². The number of imidazole rings is 1. The Morgan fingerprint density at radius 1 is 1.18 bits per heavy atom. The van der Waals surface area contributed by atoms with Crippen molar-refractivity contribution in [2.24, 2.45) is 0 Å². The molecule has 1 aromatic heterocycles. The second kappa shape index (κ2) is 8.05. The third kappa shape index (κ3) is 3.61. The number of rotatable bonds is 6. The monoisotopic (exact) mass is 377 g/mol. The average Bonchev–Trinajstić information content (AvgIpc) is 3.33. The average molecular weight is 377 g/mol. The summed E-state index contributed by atoms with van der Waals surface area (Å²) in [6.07, 6.45) is 3.01. The third-order valence-corrected chi connectivity index (χ3v) is 5.55. The second-order valence-corrected chi connectivity index (χ2v) is 7.33. The summed E-state index contributed by atoms with van der Waals surface area (Å²) in [5.41, 5.74) is 3.37. The normalized spacial score (nSPS) is 16.6. The molecule has 146 valence electrons. The number of para-hydroxylation sites is 2. The fraction of sp³-hybridized carbons (Fsp3) is 0.391. The zero-order chi connectivity index (χ0) is 19.5. The highest BCUT2D eigenvalue weighted by atomic mass is 16.5. The van der Waals surface area contributed by atoms with Gasteiger partial charge in [0, 0.05) is 13.5 Å². The minimum absolute atomic E-state index is 0.0498. The van der Waals surface area contributed by atoms with Crippen LogP contribution in [0.2, 0.25) is 0 Å². The maximum absolute atomic E-state index is 12.1. The van der Waals surface area contributed by atoms with E-state index in [1.54, 1.807) is 6.92 Å². The molecule has 5 heteroatoms. The predicted octanol–water partition coefficient (Wildman–Crippen LogP) is 4.36. The van der Waals surface area contributed by atoms with Gasteiger partial charge in [-0.25, -0.2) is 4.98 Å². The van der Waals surface area contributed by atoms with Crippen LogP contribution in [0.25, 0.3) is 11.0 Å². The van der Waals surface area contributed by atoms with Crippen molar-refractivity contribution in [1.82, 2.24) is 14.5 Å². The van der Waals surface area contributed by atoms with Gasteiger partial charge in [-0.2, -0.15) is 0 Å². The summed E-state index contributed by atoms with van der Waals surface area (Å²) in [5.74, 6) is 1.97. The van der Waals surface area contributed by atoms with E-state index in [2.05, 4.69) is 29.7 Å². The third-order valence-electron chi connectivity index (χ3n) is 5.55. The molecule has 5 nitrogen and oxygen atoms in total. The van der Waals surface area contributed by atoms with E-state index in [0.29, 0.717) is 13.2 Å². The van der Waals surface area contributed by atoms with Gasteiger partial charge in [0.1, 0.15) is 18.2 Å². The molecule has 0 spiro atoms. The van der Waals surface area contributed by atoms with E-state index >= 15 is 0 Å². The van der Waals surface area contributed by atoms with Gasteiger partial charge in [-0.15, -0.1) is 0 Å². The lowest BCUT2D eigenvalue weighted by atomic mass is 10.2. The molecule has 1 atom stereocenters. The van der Waals surface area contributed by atoms with E-state index in [1.165, 1.54) is 5.56 Å². The van der Waals surface area contributed by atoms with Crippen molar-refractivity contribution in [3.63, 3.8) is 0 Å². The van der Waals surface area contributed by atoms with Crippen LogP contribution in [0, 0.1) is 0 Å². The lowest BCUT2D eigenvalue weighted by molar-refractivity contribution is -0.129.